The molecule has 0 saturated heterocycles. The summed E-state index contributed by atoms with van der Waals surface area (Å²) in [5.41, 5.74) is 3.24. The van der Waals surface area contributed by atoms with Crippen LogP contribution in [0.4, 0.5) is 0 Å². The summed E-state index contributed by atoms with van der Waals surface area (Å²) in [4.78, 5) is 25.2. The number of Topliss-reactive ketones (excluding diaryl/α,β-unsaturated/α-hetero) is 1. The van der Waals surface area contributed by atoms with Gasteiger partial charge < -0.3 is 9.47 Å². The summed E-state index contributed by atoms with van der Waals surface area (Å²) in [6, 6.07) is 17.6. The van der Waals surface area contributed by atoms with Gasteiger partial charge in [-0.25, -0.2) is 4.79 Å². The SMILES string of the molecule is Cc1cccc(C(=O)Oc2cc(C)c3c(c2)O/C(=C\c2ccccc2Cl)C3=O)c1. The number of carbonyl (C=O) groups is 2. The minimum Gasteiger partial charge on any atom is -0.452 e. The number of ether oxygens (including phenoxy) is 2. The fourth-order valence-electron chi connectivity index (χ4n) is 3.21. The zero-order valence-corrected chi connectivity index (χ0v) is 16.6. The van der Waals surface area contributed by atoms with Crippen molar-refractivity contribution in [3.63, 3.8) is 0 Å². The third kappa shape index (κ3) is 3.80. The van der Waals surface area contributed by atoms with Crippen LogP contribution in [0.15, 0.2) is 66.4 Å². The van der Waals surface area contributed by atoms with Gasteiger partial charge in [0.15, 0.2) is 5.76 Å². The van der Waals surface area contributed by atoms with Gasteiger partial charge in [-0.1, -0.05) is 47.5 Å². The van der Waals surface area contributed by atoms with E-state index in [9.17, 15) is 9.59 Å². The minimum absolute atomic E-state index is 0.179. The molecule has 1 heterocycles. The first kappa shape index (κ1) is 19.0. The van der Waals surface area contributed by atoms with Crippen molar-refractivity contribution in [2.45, 2.75) is 13.8 Å². The number of allylic oxidation sites excluding steroid dienone is 1. The number of hydrogen-bond acceptors (Lipinski definition) is 4. The summed E-state index contributed by atoms with van der Waals surface area (Å²) < 4.78 is 11.3. The molecule has 0 radical (unpaired) electrons. The zero-order chi connectivity index (χ0) is 20.5. The van der Waals surface area contributed by atoms with Gasteiger partial charge in [-0.3, -0.25) is 4.79 Å². The second-order valence-corrected chi connectivity index (χ2v) is 7.24. The molecular weight excluding hydrogens is 388 g/mol. The summed E-state index contributed by atoms with van der Waals surface area (Å²) in [7, 11) is 0. The van der Waals surface area contributed by atoms with Crippen molar-refractivity contribution >= 4 is 29.4 Å². The lowest BCUT2D eigenvalue weighted by Crippen LogP contribution is -2.09. The second-order valence-electron chi connectivity index (χ2n) is 6.83. The van der Waals surface area contributed by atoms with Gasteiger partial charge in [0.05, 0.1) is 11.1 Å². The van der Waals surface area contributed by atoms with E-state index in [1.165, 1.54) is 0 Å². The predicted molar refractivity (Wildman–Crippen MR) is 112 cm³/mol. The Bertz CT molecular complexity index is 1180. The maximum Gasteiger partial charge on any atom is 0.343 e. The average Bonchev–Trinajstić information content (AvgIpc) is 2.99. The van der Waals surface area contributed by atoms with Crippen LogP contribution in [0.5, 0.6) is 11.5 Å². The van der Waals surface area contributed by atoms with Crippen LogP contribution in [-0.2, 0) is 0 Å². The Kier molecular flexibility index (Phi) is 4.95. The molecule has 0 aliphatic carbocycles. The molecule has 0 saturated carbocycles. The van der Waals surface area contributed by atoms with Crippen LogP contribution in [0.1, 0.15) is 37.4 Å². The Labute approximate surface area is 173 Å². The number of halogens is 1. The third-order valence-corrected chi connectivity index (χ3v) is 4.94. The highest BCUT2D eigenvalue weighted by molar-refractivity contribution is 6.32. The largest absolute Gasteiger partial charge is 0.452 e. The highest BCUT2D eigenvalue weighted by Gasteiger charge is 2.30. The van der Waals surface area contributed by atoms with E-state index in [0.29, 0.717) is 38.8 Å². The molecule has 0 fully saturated rings. The number of hydrogen-bond donors (Lipinski definition) is 0. The molecule has 29 heavy (non-hydrogen) atoms. The van der Waals surface area contributed by atoms with Crippen molar-refractivity contribution < 1.29 is 19.1 Å². The smallest absolute Gasteiger partial charge is 0.343 e. The predicted octanol–water partition coefficient (Wildman–Crippen LogP) is 5.79. The van der Waals surface area contributed by atoms with Gasteiger partial charge in [0, 0.05) is 11.1 Å². The first-order valence-electron chi connectivity index (χ1n) is 9.04. The van der Waals surface area contributed by atoms with Crippen molar-refractivity contribution in [3.05, 3.63) is 99.3 Å². The lowest BCUT2D eigenvalue weighted by atomic mass is 10.0. The van der Waals surface area contributed by atoms with E-state index >= 15 is 0 Å². The van der Waals surface area contributed by atoms with E-state index < -0.39 is 5.97 Å². The van der Waals surface area contributed by atoms with Crippen LogP contribution in [-0.4, -0.2) is 11.8 Å². The van der Waals surface area contributed by atoms with Crippen molar-refractivity contribution in [1.29, 1.82) is 0 Å². The molecule has 0 atom stereocenters. The van der Waals surface area contributed by atoms with E-state index in [4.69, 9.17) is 21.1 Å². The van der Waals surface area contributed by atoms with Crippen LogP contribution in [0.2, 0.25) is 5.02 Å². The molecule has 0 spiro atoms. The number of ketones is 1. The van der Waals surface area contributed by atoms with E-state index in [2.05, 4.69) is 0 Å². The molecule has 0 N–H and O–H groups in total. The van der Waals surface area contributed by atoms with Crippen LogP contribution in [0, 0.1) is 13.8 Å². The summed E-state index contributed by atoms with van der Waals surface area (Å²) >= 11 is 6.18. The van der Waals surface area contributed by atoms with Gasteiger partial charge in [-0.2, -0.15) is 0 Å². The van der Waals surface area contributed by atoms with E-state index in [0.717, 1.165) is 5.56 Å². The molecular formula is C24H17ClO4. The highest BCUT2D eigenvalue weighted by Crippen LogP contribution is 2.38. The molecule has 0 bridgehead atoms. The Morgan fingerprint density at radius 3 is 2.59 bits per heavy atom. The van der Waals surface area contributed by atoms with Crippen LogP contribution < -0.4 is 9.47 Å². The molecule has 144 valence electrons. The maximum atomic E-state index is 12.8. The molecule has 3 aromatic rings. The fourth-order valence-corrected chi connectivity index (χ4v) is 3.40. The maximum absolute atomic E-state index is 12.8. The monoisotopic (exact) mass is 404 g/mol. The van der Waals surface area contributed by atoms with Gasteiger partial charge in [0.1, 0.15) is 11.5 Å². The first-order valence-corrected chi connectivity index (χ1v) is 9.42. The number of rotatable bonds is 3. The topological polar surface area (TPSA) is 52.6 Å². The van der Waals surface area contributed by atoms with E-state index in [1.54, 1.807) is 55.5 Å². The molecule has 5 heteroatoms. The van der Waals surface area contributed by atoms with Crippen LogP contribution in [0.3, 0.4) is 0 Å². The summed E-state index contributed by atoms with van der Waals surface area (Å²) in [6.45, 7) is 3.69. The fraction of sp³-hybridized carbons (Fsp3) is 0.0833. The number of esters is 1. The normalized spacial score (nSPS) is 13.9. The lowest BCUT2D eigenvalue weighted by molar-refractivity contribution is 0.0734. The standard InChI is InChI=1S/C24H17ClO4/c1-14-6-5-8-17(10-14)24(27)28-18-11-15(2)22-20(13-18)29-21(23(22)26)12-16-7-3-4-9-19(16)25/h3-13H,1-2H3/b21-12-. The highest BCUT2D eigenvalue weighted by atomic mass is 35.5. The van der Waals surface area contributed by atoms with Gasteiger partial charge in [0.25, 0.3) is 0 Å². The Morgan fingerprint density at radius 2 is 1.83 bits per heavy atom. The summed E-state index contributed by atoms with van der Waals surface area (Å²) in [6.07, 6.45) is 1.61. The van der Waals surface area contributed by atoms with Crippen molar-refractivity contribution in [2.24, 2.45) is 0 Å². The molecule has 0 amide bonds. The quantitative estimate of drug-likeness (QED) is 0.315. The third-order valence-electron chi connectivity index (χ3n) is 4.60. The molecule has 3 aromatic carbocycles. The van der Waals surface area contributed by atoms with Crippen molar-refractivity contribution in [2.75, 3.05) is 0 Å². The molecule has 0 unspecified atom stereocenters. The number of benzene rings is 3. The molecule has 0 aromatic heterocycles. The number of carbonyl (C=O) groups excluding carboxylic acids is 2. The molecule has 1 aliphatic heterocycles. The number of fused-ring (bicyclic) bond motifs is 1. The molecule has 4 nitrogen and oxygen atoms in total. The van der Waals surface area contributed by atoms with E-state index in [-0.39, 0.29) is 11.5 Å². The van der Waals surface area contributed by atoms with Crippen LogP contribution in [0.25, 0.3) is 6.08 Å². The number of aryl methyl sites for hydroxylation is 2. The Morgan fingerprint density at radius 1 is 1.03 bits per heavy atom. The first-order chi connectivity index (χ1) is 13.9. The van der Waals surface area contributed by atoms with E-state index in [1.807, 2.05) is 25.1 Å². The molecule has 4 rings (SSSR count). The average molecular weight is 405 g/mol. The van der Waals surface area contributed by atoms with Gasteiger partial charge >= 0.3 is 5.97 Å². The summed E-state index contributed by atoms with van der Waals surface area (Å²) in [5, 5.41) is 0.525. The van der Waals surface area contributed by atoms with Crippen molar-refractivity contribution in [3.8, 4) is 11.5 Å². The van der Waals surface area contributed by atoms with Crippen LogP contribution >= 0.6 is 11.6 Å². The minimum atomic E-state index is -0.468. The van der Waals surface area contributed by atoms with Gasteiger partial charge in [0.2, 0.25) is 5.78 Å². The van der Waals surface area contributed by atoms with Gasteiger partial charge in [-0.05, 0) is 55.3 Å². The molecule has 1 aliphatic rings. The Balaban J connectivity index is 1.63. The zero-order valence-electron chi connectivity index (χ0n) is 15.9. The lowest BCUT2D eigenvalue weighted by Gasteiger charge is -2.08. The van der Waals surface area contributed by atoms with Gasteiger partial charge in [-0.15, -0.1) is 0 Å². The Hall–Kier alpha value is -3.37. The summed E-state index contributed by atoms with van der Waals surface area (Å²) in [5.74, 6) is 0.163. The van der Waals surface area contributed by atoms with Crippen molar-refractivity contribution in [1.82, 2.24) is 0 Å². The second kappa shape index (κ2) is 7.57.